The van der Waals surface area contributed by atoms with Crippen LogP contribution in [0.1, 0.15) is 6.92 Å². The Morgan fingerprint density at radius 2 is 2.07 bits per heavy atom. The molecule has 8 heteroatoms. The Balaban J connectivity index is 2.85. The highest BCUT2D eigenvalue weighted by Crippen LogP contribution is 1.85. The van der Waals surface area contributed by atoms with Crippen LogP contribution < -0.4 is 5.69 Å². The zero-order chi connectivity index (χ0) is 11.5. The quantitative estimate of drug-likeness (QED) is 0.662. The van der Waals surface area contributed by atoms with Crippen molar-refractivity contribution in [3.8, 4) is 0 Å². The monoisotopic (exact) mass is 232 g/mol. The van der Waals surface area contributed by atoms with E-state index in [1.165, 1.54) is 6.20 Å². The molecule has 0 atom stereocenters. The minimum Gasteiger partial charge on any atom is -0.244 e. The summed E-state index contributed by atoms with van der Waals surface area (Å²) in [5.74, 6) is -0.124. The number of hydrogen-bond donors (Lipinski definition) is 0. The van der Waals surface area contributed by atoms with Gasteiger partial charge in [-0.2, -0.15) is 9.36 Å². The first-order chi connectivity index (χ1) is 6.94. The lowest BCUT2D eigenvalue weighted by molar-refractivity contribution is 0.574. The lowest BCUT2D eigenvalue weighted by atomic mass is 10.7. The molecule has 0 spiro atoms. The van der Waals surface area contributed by atoms with Gasteiger partial charge in [0.1, 0.15) is 9.84 Å². The molecular weight excluding hydrogens is 220 g/mol. The standard InChI is InChI=1S/C7H12N4O3S/c1-3-4-10-7(12)11(9-8-10)5-6-15(2,13)14/h3-4H,5-6H2,1-2H3/b4-3+. The molecule has 1 aromatic heterocycles. The van der Waals surface area contributed by atoms with Gasteiger partial charge in [-0.25, -0.2) is 13.2 Å². The SMILES string of the molecule is C/C=C/n1nnn(CCS(C)(=O)=O)c1=O. The molecule has 0 saturated carbocycles. The Morgan fingerprint density at radius 1 is 1.40 bits per heavy atom. The van der Waals surface area contributed by atoms with E-state index in [-0.39, 0.29) is 12.3 Å². The molecule has 1 aromatic rings. The van der Waals surface area contributed by atoms with Gasteiger partial charge in [-0.3, -0.25) is 0 Å². The molecule has 0 aliphatic rings. The molecule has 0 saturated heterocycles. The van der Waals surface area contributed by atoms with Crippen LogP contribution in [0.2, 0.25) is 0 Å². The van der Waals surface area contributed by atoms with Crippen LogP contribution in [0.15, 0.2) is 10.9 Å². The fourth-order valence-electron chi connectivity index (χ4n) is 0.914. The van der Waals surface area contributed by atoms with E-state index in [0.29, 0.717) is 0 Å². The minimum absolute atomic E-state index is 0.0230. The summed E-state index contributed by atoms with van der Waals surface area (Å²) in [4.78, 5) is 11.4. The average molecular weight is 232 g/mol. The van der Waals surface area contributed by atoms with Crippen LogP contribution in [0.25, 0.3) is 6.20 Å². The van der Waals surface area contributed by atoms with Crippen molar-refractivity contribution in [3.05, 3.63) is 16.6 Å². The van der Waals surface area contributed by atoms with Crippen LogP contribution in [-0.4, -0.2) is 40.2 Å². The van der Waals surface area contributed by atoms with Gasteiger partial charge in [0.2, 0.25) is 0 Å². The van der Waals surface area contributed by atoms with Crippen LogP contribution in [0.4, 0.5) is 0 Å². The van der Waals surface area contributed by atoms with Gasteiger partial charge in [-0.15, -0.1) is 0 Å². The zero-order valence-corrected chi connectivity index (χ0v) is 9.31. The van der Waals surface area contributed by atoms with E-state index in [1.54, 1.807) is 13.0 Å². The summed E-state index contributed by atoms with van der Waals surface area (Å²) in [6.45, 7) is 1.76. The average Bonchev–Trinajstić information content (AvgIpc) is 2.45. The van der Waals surface area contributed by atoms with Gasteiger partial charge in [0.05, 0.1) is 12.3 Å². The predicted octanol–water partition coefficient (Wildman–Crippen LogP) is -1.02. The maximum Gasteiger partial charge on any atom is 0.367 e. The number of allylic oxidation sites excluding steroid dienone is 1. The van der Waals surface area contributed by atoms with E-state index in [4.69, 9.17) is 0 Å². The fraction of sp³-hybridized carbons (Fsp3) is 0.571. The lowest BCUT2D eigenvalue weighted by Crippen LogP contribution is -2.25. The van der Waals surface area contributed by atoms with E-state index in [0.717, 1.165) is 15.6 Å². The lowest BCUT2D eigenvalue weighted by Gasteiger charge is -1.95. The smallest absolute Gasteiger partial charge is 0.244 e. The molecule has 1 heterocycles. The molecule has 84 valence electrons. The maximum absolute atomic E-state index is 11.4. The van der Waals surface area contributed by atoms with Crippen molar-refractivity contribution >= 4 is 16.0 Å². The van der Waals surface area contributed by atoms with Gasteiger partial charge in [0, 0.05) is 12.5 Å². The molecule has 0 amide bonds. The highest BCUT2D eigenvalue weighted by Gasteiger charge is 2.07. The first kappa shape index (κ1) is 11.6. The van der Waals surface area contributed by atoms with E-state index in [2.05, 4.69) is 10.4 Å². The van der Waals surface area contributed by atoms with Gasteiger partial charge in [-0.05, 0) is 17.4 Å². The first-order valence-corrected chi connectivity index (χ1v) is 6.33. The summed E-state index contributed by atoms with van der Waals surface area (Å²) in [7, 11) is -3.10. The number of nitrogens with zero attached hydrogens (tertiary/aromatic N) is 4. The molecule has 0 bridgehead atoms. The third kappa shape index (κ3) is 3.31. The normalized spacial score (nSPS) is 12.4. The van der Waals surface area contributed by atoms with Crippen LogP contribution in [0.5, 0.6) is 0 Å². The summed E-state index contributed by atoms with van der Waals surface area (Å²) in [5.41, 5.74) is -0.447. The van der Waals surface area contributed by atoms with Gasteiger partial charge in [-0.1, -0.05) is 6.08 Å². The topological polar surface area (TPSA) is 86.8 Å². The summed E-state index contributed by atoms with van der Waals surface area (Å²) < 4.78 is 23.8. The van der Waals surface area contributed by atoms with Crippen LogP contribution >= 0.6 is 0 Å². The molecule has 0 radical (unpaired) electrons. The Hall–Kier alpha value is -1.44. The number of sulfone groups is 1. The molecule has 7 nitrogen and oxygen atoms in total. The number of rotatable bonds is 4. The molecule has 15 heavy (non-hydrogen) atoms. The van der Waals surface area contributed by atoms with Crippen molar-refractivity contribution in [3.63, 3.8) is 0 Å². The van der Waals surface area contributed by atoms with E-state index in [9.17, 15) is 13.2 Å². The largest absolute Gasteiger partial charge is 0.367 e. The Kier molecular flexibility index (Phi) is 3.40. The molecule has 0 aliphatic heterocycles. The molecule has 0 unspecified atom stereocenters. The van der Waals surface area contributed by atoms with Crippen molar-refractivity contribution in [2.75, 3.05) is 12.0 Å². The molecular formula is C7H12N4O3S. The molecule has 0 aliphatic carbocycles. The summed E-state index contributed by atoms with van der Waals surface area (Å²) in [6, 6.07) is 0. The van der Waals surface area contributed by atoms with Crippen LogP contribution in [0.3, 0.4) is 0 Å². The van der Waals surface area contributed by atoms with Crippen molar-refractivity contribution in [1.82, 2.24) is 19.8 Å². The second kappa shape index (κ2) is 4.39. The minimum atomic E-state index is -3.10. The third-order valence-electron chi connectivity index (χ3n) is 1.63. The highest BCUT2D eigenvalue weighted by molar-refractivity contribution is 7.90. The van der Waals surface area contributed by atoms with Crippen molar-refractivity contribution in [2.45, 2.75) is 13.5 Å². The fourth-order valence-corrected chi connectivity index (χ4v) is 1.42. The van der Waals surface area contributed by atoms with Crippen LogP contribution in [-0.2, 0) is 16.4 Å². The predicted molar refractivity (Wildman–Crippen MR) is 55.0 cm³/mol. The number of aryl methyl sites for hydroxylation is 1. The van der Waals surface area contributed by atoms with E-state index < -0.39 is 15.5 Å². The van der Waals surface area contributed by atoms with Crippen molar-refractivity contribution in [1.29, 1.82) is 0 Å². The first-order valence-electron chi connectivity index (χ1n) is 4.27. The van der Waals surface area contributed by atoms with E-state index in [1.807, 2.05) is 0 Å². The second-order valence-corrected chi connectivity index (χ2v) is 5.30. The summed E-state index contributed by atoms with van der Waals surface area (Å²) >= 11 is 0. The van der Waals surface area contributed by atoms with Gasteiger partial charge >= 0.3 is 5.69 Å². The van der Waals surface area contributed by atoms with Gasteiger partial charge < -0.3 is 0 Å². The highest BCUT2D eigenvalue weighted by atomic mass is 32.2. The Labute approximate surface area is 86.9 Å². The second-order valence-electron chi connectivity index (χ2n) is 3.04. The molecule has 0 aromatic carbocycles. The zero-order valence-electron chi connectivity index (χ0n) is 8.49. The number of tetrazole rings is 1. The summed E-state index contributed by atoms with van der Waals surface area (Å²) in [6.07, 6.45) is 4.19. The number of hydrogen-bond acceptors (Lipinski definition) is 5. The van der Waals surface area contributed by atoms with E-state index >= 15 is 0 Å². The van der Waals surface area contributed by atoms with Crippen molar-refractivity contribution < 1.29 is 8.42 Å². The molecule has 0 fully saturated rings. The third-order valence-corrected chi connectivity index (χ3v) is 2.55. The van der Waals surface area contributed by atoms with Gasteiger partial charge in [0.25, 0.3) is 0 Å². The van der Waals surface area contributed by atoms with Crippen molar-refractivity contribution in [2.24, 2.45) is 0 Å². The molecule has 1 rings (SSSR count). The maximum atomic E-state index is 11.4. The Morgan fingerprint density at radius 3 is 2.60 bits per heavy atom. The Bertz CT molecular complexity index is 511. The summed E-state index contributed by atoms with van der Waals surface area (Å²) in [5, 5.41) is 7.08. The van der Waals surface area contributed by atoms with Crippen LogP contribution in [0, 0.1) is 0 Å². The van der Waals surface area contributed by atoms with Gasteiger partial charge in [0.15, 0.2) is 0 Å². The molecule has 0 N–H and O–H groups in total. The number of aromatic nitrogens is 4.